The van der Waals surface area contributed by atoms with Crippen LogP contribution in [0.15, 0.2) is 53.3 Å². The van der Waals surface area contributed by atoms with Gasteiger partial charge in [0.1, 0.15) is 0 Å². The molecule has 0 amide bonds. The Kier molecular flexibility index (Phi) is 4.14. The first-order valence-electron chi connectivity index (χ1n) is 7.89. The molecular weight excluding hydrogens is 350 g/mol. The lowest BCUT2D eigenvalue weighted by Gasteiger charge is -2.09. The SMILES string of the molecule is COc1cccc(/C=c2/sc3nnc(-c4ccccc4)n3c2=O)c1OC. The van der Waals surface area contributed by atoms with E-state index < -0.39 is 0 Å². The fourth-order valence-electron chi connectivity index (χ4n) is 2.80. The van der Waals surface area contributed by atoms with Crippen molar-refractivity contribution in [3.63, 3.8) is 0 Å². The second-order valence-electron chi connectivity index (χ2n) is 5.51. The Hall–Kier alpha value is -3.19. The highest BCUT2D eigenvalue weighted by atomic mass is 32.1. The molecule has 0 aliphatic rings. The number of fused-ring (bicyclic) bond motifs is 1. The molecule has 4 aromatic rings. The Bertz CT molecular complexity index is 1180. The topological polar surface area (TPSA) is 65.7 Å². The summed E-state index contributed by atoms with van der Waals surface area (Å²) in [5, 5.41) is 8.31. The molecule has 6 nitrogen and oxygen atoms in total. The van der Waals surface area contributed by atoms with Gasteiger partial charge in [-0.05, 0) is 12.1 Å². The van der Waals surface area contributed by atoms with E-state index in [-0.39, 0.29) is 5.56 Å². The third-order valence-electron chi connectivity index (χ3n) is 4.00. The van der Waals surface area contributed by atoms with Gasteiger partial charge in [-0.25, -0.2) is 4.40 Å². The van der Waals surface area contributed by atoms with Crippen LogP contribution in [0.3, 0.4) is 0 Å². The number of hydrogen-bond acceptors (Lipinski definition) is 6. The maximum absolute atomic E-state index is 12.9. The lowest BCUT2D eigenvalue weighted by atomic mass is 10.2. The van der Waals surface area contributed by atoms with Crippen LogP contribution in [0.4, 0.5) is 0 Å². The molecule has 130 valence electrons. The number of methoxy groups -OCH3 is 2. The van der Waals surface area contributed by atoms with Crippen molar-refractivity contribution in [3.05, 3.63) is 69.0 Å². The number of para-hydroxylation sites is 1. The van der Waals surface area contributed by atoms with E-state index in [9.17, 15) is 4.79 Å². The lowest BCUT2D eigenvalue weighted by Crippen LogP contribution is -2.23. The molecule has 7 heteroatoms. The lowest BCUT2D eigenvalue weighted by molar-refractivity contribution is 0.354. The van der Waals surface area contributed by atoms with Crippen molar-refractivity contribution in [3.8, 4) is 22.9 Å². The average Bonchev–Trinajstić information content (AvgIpc) is 3.23. The molecule has 0 saturated heterocycles. The highest BCUT2D eigenvalue weighted by molar-refractivity contribution is 7.15. The Labute approximate surface area is 153 Å². The maximum Gasteiger partial charge on any atom is 0.276 e. The molecule has 0 atom stereocenters. The Morgan fingerprint density at radius 3 is 2.54 bits per heavy atom. The van der Waals surface area contributed by atoms with E-state index in [2.05, 4.69) is 10.2 Å². The molecule has 26 heavy (non-hydrogen) atoms. The zero-order valence-electron chi connectivity index (χ0n) is 14.2. The largest absolute Gasteiger partial charge is 0.493 e. The van der Waals surface area contributed by atoms with E-state index in [0.717, 1.165) is 11.1 Å². The summed E-state index contributed by atoms with van der Waals surface area (Å²) in [6.07, 6.45) is 1.79. The highest BCUT2D eigenvalue weighted by Crippen LogP contribution is 2.31. The van der Waals surface area contributed by atoms with Gasteiger partial charge in [-0.3, -0.25) is 4.79 Å². The zero-order chi connectivity index (χ0) is 18.1. The molecule has 0 spiro atoms. The van der Waals surface area contributed by atoms with Crippen LogP contribution in [-0.4, -0.2) is 28.8 Å². The molecule has 0 bridgehead atoms. The average molecular weight is 365 g/mol. The number of aromatic nitrogens is 3. The molecule has 0 fully saturated rings. The summed E-state index contributed by atoms with van der Waals surface area (Å²) in [7, 11) is 3.16. The van der Waals surface area contributed by atoms with E-state index >= 15 is 0 Å². The first-order valence-corrected chi connectivity index (χ1v) is 8.70. The molecule has 0 aliphatic heterocycles. The smallest absolute Gasteiger partial charge is 0.276 e. The van der Waals surface area contributed by atoms with Gasteiger partial charge < -0.3 is 9.47 Å². The number of thiazole rings is 1. The molecule has 2 heterocycles. The predicted octanol–water partition coefficient (Wildman–Crippen LogP) is 2.38. The monoisotopic (exact) mass is 365 g/mol. The molecule has 0 aliphatic carbocycles. The first-order chi connectivity index (χ1) is 12.7. The molecule has 4 rings (SSSR count). The quantitative estimate of drug-likeness (QED) is 0.556. The van der Waals surface area contributed by atoms with Gasteiger partial charge in [0.2, 0.25) is 4.96 Å². The fourth-order valence-corrected chi connectivity index (χ4v) is 3.71. The summed E-state index contributed by atoms with van der Waals surface area (Å²) in [5.74, 6) is 1.74. The zero-order valence-corrected chi connectivity index (χ0v) is 15.0. The molecule has 0 N–H and O–H groups in total. The molecular formula is C19H15N3O3S. The van der Waals surface area contributed by atoms with E-state index in [1.807, 2.05) is 48.5 Å². The summed E-state index contributed by atoms with van der Waals surface area (Å²) < 4.78 is 12.9. The van der Waals surface area contributed by atoms with Gasteiger partial charge >= 0.3 is 0 Å². The van der Waals surface area contributed by atoms with Gasteiger partial charge in [-0.15, -0.1) is 10.2 Å². The Morgan fingerprint density at radius 1 is 1.00 bits per heavy atom. The molecule has 0 unspecified atom stereocenters. The van der Waals surface area contributed by atoms with Crippen molar-refractivity contribution >= 4 is 22.4 Å². The minimum absolute atomic E-state index is 0.154. The van der Waals surface area contributed by atoms with Crippen LogP contribution in [0.2, 0.25) is 0 Å². The normalized spacial score (nSPS) is 11.8. The summed E-state index contributed by atoms with van der Waals surface area (Å²) in [4.78, 5) is 13.5. The van der Waals surface area contributed by atoms with Gasteiger partial charge in [0, 0.05) is 11.1 Å². The summed E-state index contributed by atoms with van der Waals surface area (Å²) >= 11 is 1.29. The standard InChI is InChI=1S/C19H15N3O3S/c1-24-14-10-6-9-13(16(14)25-2)11-15-18(23)22-17(20-21-19(22)26-15)12-7-4-3-5-8-12/h3-11H,1-2H3/b15-11+. The summed E-state index contributed by atoms with van der Waals surface area (Å²) in [6, 6.07) is 15.1. The second-order valence-corrected chi connectivity index (χ2v) is 6.52. The van der Waals surface area contributed by atoms with Crippen LogP contribution >= 0.6 is 11.3 Å². The molecule has 2 aromatic heterocycles. The van der Waals surface area contributed by atoms with Crippen molar-refractivity contribution in [1.29, 1.82) is 0 Å². The minimum atomic E-state index is -0.154. The second kappa shape index (κ2) is 6.61. The predicted molar refractivity (Wildman–Crippen MR) is 101 cm³/mol. The van der Waals surface area contributed by atoms with E-state index in [4.69, 9.17) is 9.47 Å². The van der Waals surface area contributed by atoms with Gasteiger partial charge in [-0.2, -0.15) is 0 Å². The van der Waals surface area contributed by atoms with Crippen LogP contribution in [0, 0.1) is 0 Å². The number of ether oxygens (including phenoxy) is 2. The van der Waals surface area contributed by atoms with Crippen LogP contribution in [0.5, 0.6) is 11.5 Å². The number of rotatable bonds is 4. The van der Waals surface area contributed by atoms with E-state index in [0.29, 0.717) is 26.8 Å². The van der Waals surface area contributed by atoms with Crippen LogP contribution < -0.4 is 19.6 Å². The van der Waals surface area contributed by atoms with E-state index in [1.165, 1.54) is 11.3 Å². The first kappa shape index (κ1) is 16.3. The number of benzene rings is 2. The van der Waals surface area contributed by atoms with Crippen LogP contribution in [-0.2, 0) is 0 Å². The van der Waals surface area contributed by atoms with Gasteiger partial charge in [-0.1, -0.05) is 53.8 Å². The molecule has 0 saturated carbocycles. The van der Waals surface area contributed by atoms with Crippen molar-refractivity contribution in [2.45, 2.75) is 0 Å². The third-order valence-corrected chi connectivity index (χ3v) is 4.96. The van der Waals surface area contributed by atoms with Gasteiger partial charge in [0.05, 0.1) is 18.8 Å². The Morgan fingerprint density at radius 2 is 1.81 bits per heavy atom. The molecule has 2 aromatic carbocycles. The number of hydrogen-bond donors (Lipinski definition) is 0. The van der Waals surface area contributed by atoms with Crippen molar-refractivity contribution in [2.24, 2.45) is 0 Å². The summed E-state index contributed by atoms with van der Waals surface area (Å²) in [6.45, 7) is 0. The van der Waals surface area contributed by atoms with Crippen LogP contribution in [0.25, 0.3) is 22.4 Å². The summed E-state index contributed by atoms with van der Waals surface area (Å²) in [5.41, 5.74) is 1.46. The van der Waals surface area contributed by atoms with Crippen LogP contribution in [0.1, 0.15) is 5.56 Å². The van der Waals surface area contributed by atoms with Gasteiger partial charge in [0.25, 0.3) is 5.56 Å². The Balaban J connectivity index is 1.92. The highest BCUT2D eigenvalue weighted by Gasteiger charge is 2.15. The van der Waals surface area contributed by atoms with Crippen molar-refractivity contribution in [1.82, 2.24) is 14.6 Å². The number of nitrogens with zero attached hydrogens (tertiary/aromatic N) is 3. The maximum atomic E-state index is 12.9. The molecule has 0 radical (unpaired) electrons. The van der Waals surface area contributed by atoms with E-state index in [1.54, 1.807) is 24.7 Å². The van der Waals surface area contributed by atoms with Crippen molar-refractivity contribution in [2.75, 3.05) is 14.2 Å². The fraction of sp³-hybridized carbons (Fsp3) is 0.105. The van der Waals surface area contributed by atoms with Crippen molar-refractivity contribution < 1.29 is 9.47 Å². The minimum Gasteiger partial charge on any atom is -0.493 e. The van der Waals surface area contributed by atoms with Gasteiger partial charge in [0.15, 0.2) is 17.3 Å². The third kappa shape index (κ3) is 2.62.